The van der Waals surface area contributed by atoms with Gasteiger partial charge in [0.25, 0.3) is 5.56 Å². The molecule has 0 saturated heterocycles. The van der Waals surface area contributed by atoms with Crippen molar-refractivity contribution in [2.75, 3.05) is 6.54 Å². The van der Waals surface area contributed by atoms with Crippen LogP contribution in [0.3, 0.4) is 0 Å². The number of hydrogen-bond acceptors (Lipinski definition) is 3. The van der Waals surface area contributed by atoms with Crippen LogP contribution < -0.4 is 10.9 Å². The molecule has 1 aromatic heterocycles. The minimum atomic E-state index is -0.118. The summed E-state index contributed by atoms with van der Waals surface area (Å²) in [5.41, 5.74) is 0.543. The molecule has 1 heterocycles. The summed E-state index contributed by atoms with van der Waals surface area (Å²) in [4.78, 5) is 28.5. The van der Waals surface area contributed by atoms with Crippen molar-refractivity contribution in [1.82, 2.24) is 14.9 Å². The third kappa shape index (κ3) is 5.16. The first-order chi connectivity index (χ1) is 11.1. The van der Waals surface area contributed by atoms with Crippen molar-refractivity contribution in [3.63, 3.8) is 0 Å². The Morgan fingerprint density at radius 1 is 1.30 bits per heavy atom. The van der Waals surface area contributed by atoms with Gasteiger partial charge in [0.1, 0.15) is 0 Å². The van der Waals surface area contributed by atoms with Gasteiger partial charge in [-0.3, -0.25) is 14.2 Å². The quantitative estimate of drug-likeness (QED) is 0.715. The number of aryl methyl sites for hydroxylation is 1. The molecule has 5 nitrogen and oxygen atoms in total. The van der Waals surface area contributed by atoms with E-state index in [4.69, 9.17) is 0 Å². The van der Waals surface area contributed by atoms with Crippen molar-refractivity contribution in [3.05, 3.63) is 39.4 Å². The van der Waals surface area contributed by atoms with E-state index in [1.54, 1.807) is 12.1 Å². The summed E-state index contributed by atoms with van der Waals surface area (Å²) in [7, 11) is 0. The minimum Gasteiger partial charge on any atom is -0.356 e. The third-order valence-corrected chi connectivity index (χ3v) is 4.21. The Labute approximate surface area is 144 Å². The number of carbonyl (C=O) groups is 1. The van der Waals surface area contributed by atoms with E-state index in [9.17, 15) is 9.59 Å². The molecular formula is C17H22BrN3O2. The molecule has 23 heavy (non-hydrogen) atoms. The van der Waals surface area contributed by atoms with Crippen LogP contribution in [0.1, 0.15) is 39.0 Å². The first kappa shape index (κ1) is 17.7. The van der Waals surface area contributed by atoms with Crippen molar-refractivity contribution in [3.8, 4) is 0 Å². The third-order valence-electron chi connectivity index (χ3n) is 3.72. The maximum absolute atomic E-state index is 12.4. The van der Waals surface area contributed by atoms with Gasteiger partial charge in [0.15, 0.2) is 0 Å². The number of benzene rings is 1. The number of rotatable bonds is 8. The van der Waals surface area contributed by atoms with Crippen molar-refractivity contribution < 1.29 is 4.79 Å². The van der Waals surface area contributed by atoms with Gasteiger partial charge in [-0.05, 0) is 24.6 Å². The molecule has 1 aromatic carbocycles. The number of nitrogens with one attached hydrogen (secondary N) is 1. The predicted octanol–water partition coefficient (Wildman–Crippen LogP) is 3.25. The van der Waals surface area contributed by atoms with Crippen LogP contribution in [0.5, 0.6) is 0 Å². The number of aromatic nitrogens is 2. The van der Waals surface area contributed by atoms with Crippen LogP contribution in [0.15, 0.2) is 33.8 Å². The number of carbonyl (C=O) groups excluding carboxylic acids is 1. The lowest BCUT2D eigenvalue weighted by Gasteiger charge is -2.08. The fourth-order valence-electron chi connectivity index (χ4n) is 2.38. The molecule has 0 atom stereocenters. The topological polar surface area (TPSA) is 64.0 Å². The molecule has 1 N–H and O–H groups in total. The molecule has 0 radical (unpaired) electrons. The molecule has 0 spiro atoms. The Kier molecular flexibility index (Phi) is 6.77. The van der Waals surface area contributed by atoms with Crippen molar-refractivity contribution in [2.24, 2.45) is 0 Å². The standard InChI is InChI=1S/C17H22BrN3O2/c1-2-3-4-5-9-19-16(22)8-10-21-12-20-15-7-6-13(18)11-14(15)17(21)23/h6-7,11-12H,2-5,8-10H2,1H3,(H,19,22). The lowest BCUT2D eigenvalue weighted by atomic mass is 10.2. The van der Waals surface area contributed by atoms with Gasteiger partial charge in [-0.2, -0.15) is 0 Å². The molecular weight excluding hydrogens is 358 g/mol. The molecule has 2 rings (SSSR count). The van der Waals surface area contributed by atoms with E-state index in [1.807, 2.05) is 6.07 Å². The van der Waals surface area contributed by atoms with E-state index in [0.717, 1.165) is 17.3 Å². The summed E-state index contributed by atoms with van der Waals surface area (Å²) in [6, 6.07) is 5.41. The molecule has 0 aliphatic rings. The number of hydrogen-bond donors (Lipinski definition) is 1. The monoisotopic (exact) mass is 379 g/mol. The highest BCUT2D eigenvalue weighted by molar-refractivity contribution is 9.10. The van der Waals surface area contributed by atoms with Gasteiger partial charge in [-0.1, -0.05) is 42.1 Å². The predicted molar refractivity (Wildman–Crippen MR) is 95.5 cm³/mol. The lowest BCUT2D eigenvalue weighted by Crippen LogP contribution is -2.28. The van der Waals surface area contributed by atoms with E-state index in [1.165, 1.54) is 23.7 Å². The average Bonchev–Trinajstić information content (AvgIpc) is 2.54. The van der Waals surface area contributed by atoms with Gasteiger partial charge < -0.3 is 5.32 Å². The highest BCUT2D eigenvalue weighted by Crippen LogP contribution is 2.14. The molecule has 0 fully saturated rings. The summed E-state index contributed by atoms with van der Waals surface area (Å²) < 4.78 is 2.33. The summed E-state index contributed by atoms with van der Waals surface area (Å²) in [5, 5.41) is 3.45. The average molecular weight is 380 g/mol. The van der Waals surface area contributed by atoms with E-state index in [0.29, 0.717) is 24.0 Å². The van der Waals surface area contributed by atoms with Crippen LogP contribution in [-0.2, 0) is 11.3 Å². The van der Waals surface area contributed by atoms with E-state index < -0.39 is 0 Å². The van der Waals surface area contributed by atoms with Crippen LogP contribution >= 0.6 is 15.9 Å². The number of unbranched alkanes of at least 4 members (excludes halogenated alkanes) is 3. The maximum Gasteiger partial charge on any atom is 0.261 e. The van der Waals surface area contributed by atoms with Crippen LogP contribution in [0, 0.1) is 0 Å². The van der Waals surface area contributed by atoms with Gasteiger partial charge in [0, 0.05) is 24.0 Å². The molecule has 0 aliphatic heterocycles. The largest absolute Gasteiger partial charge is 0.356 e. The molecule has 124 valence electrons. The van der Waals surface area contributed by atoms with Crippen molar-refractivity contribution in [1.29, 1.82) is 0 Å². The smallest absolute Gasteiger partial charge is 0.261 e. The summed E-state index contributed by atoms with van der Waals surface area (Å²) in [5.74, 6) is -0.0252. The van der Waals surface area contributed by atoms with E-state index in [-0.39, 0.29) is 17.9 Å². The Balaban J connectivity index is 1.91. The van der Waals surface area contributed by atoms with Gasteiger partial charge in [0.2, 0.25) is 5.91 Å². The molecule has 0 bridgehead atoms. The molecule has 2 aromatic rings. The summed E-state index contributed by atoms with van der Waals surface area (Å²) in [6.07, 6.45) is 6.32. The number of fused-ring (bicyclic) bond motifs is 1. The van der Waals surface area contributed by atoms with Gasteiger partial charge in [-0.15, -0.1) is 0 Å². The Bertz CT molecular complexity index is 727. The van der Waals surface area contributed by atoms with Crippen molar-refractivity contribution in [2.45, 2.75) is 45.6 Å². The van der Waals surface area contributed by atoms with Gasteiger partial charge in [0.05, 0.1) is 17.2 Å². The zero-order valence-corrected chi connectivity index (χ0v) is 14.9. The normalized spacial score (nSPS) is 10.9. The SMILES string of the molecule is CCCCCCNC(=O)CCn1cnc2ccc(Br)cc2c1=O. The van der Waals surface area contributed by atoms with Gasteiger partial charge >= 0.3 is 0 Å². The highest BCUT2D eigenvalue weighted by atomic mass is 79.9. The fourth-order valence-corrected chi connectivity index (χ4v) is 2.74. The van der Waals surface area contributed by atoms with Gasteiger partial charge in [-0.25, -0.2) is 4.98 Å². The lowest BCUT2D eigenvalue weighted by molar-refractivity contribution is -0.121. The molecule has 0 unspecified atom stereocenters. The van der Waals surface area contributed by atoms with Crippen LogP contribution in [0.25, 0.3) is 10.9 Å². The van der Waals surface area contributed by atoms with Crippen molar-refractivity contribution >= 4 is 32.7 Å². The van der Waals surface area contributed by atoms with Crippen LogP contribution in [-0.4, -0.2) is 22.0 Å². The Hall–Kier alpha value is -1.69. The number of nitrogens with zero attached hydrogens (tertiary/aromatic N) is 2. The van der Waals surface area contributed by atoms with Crippen LogP contribution in [0.4, 0.5) is 0 Å². The number of amides is 1. The minimum absolute atomic E-state index is 0.0252. The summed E-state index contributed by atoms with van der Waals surface area (Å²) in [6.45, 7) is 3.21. The first-order valence-electron chi connectivity index (χ1n) is 8.03. The molecule has 1 amide bonds. The highest BCUT2D eigenvalue weighted by Gasteiger charge is 2.07. The Morgan fingerprint density at radius 3 is 2.91 bits per heavy atom. The van der Waals surface area contributed by atoms with Crippen LogP contribution in [0.2, 0.25) is 0 Å². The van der Waals surface area contributed by atoms with E-state index >= 15 is 0 Å². The molecule has 0 saturated carbocycles. The second-order valence-corrected chi connectivity index (χ2v) is 6.48. The van der Waals surface area contributed by atoms with E-state index in [2.05, 4.69) is 33.2 Å². The zero-order chi connectivity index (χ0) is 16.7. The fraction of sp³-hybridized carbons (Fsp3) is 0.471. The Morgan fingerprint density at radius 2 is 2.13 bits per heavy atom. The number of halogens is 1. The molecule has 6 heteroatoms. The second-order valence-electron chi connectivity index (χ2n) is 5.57. The summed E-state index contributed by atoms with van der Waals surface area (Å²) >= 11 is 3.36. The zero-order valence-electron chi connectivity index (χ0n) is 13.3. The molecule has 0 aliphatic carbocycles. The second kappa shape index (κ2) is 8.82. The maximum atomic E-state index is 12.4. The first-order valence-corrected chi connectivity index (χ1v) is 8.82.